The van der Waals surface area contributed by atoms with E-state index >= 15 is 0 Å². The molecule has 1 N–H and O–H groups in total. The quantitative estimate of drug-likeness (QED) is 0.731. The van der Waals surface area contributed by atoms with Gasteiger partial charge in [0.1, 0.15) is 4.90 Å². The Bertz CT molecular complexity index is 949. The van der Waals surface area contributed by atoms with Crippen molar-refractivity contribution in [2.45, 2.75) is 30.7 Å². The molecule has 0 unspecified atom stereocenters. The zero-order valence-electron chi connectivity index (χ0n) is 15.7. The van der Waals surface area contributed by atoms with E-state index in [9.17, 15) is 8.42 Å². The van der Waals surface area contributed by atoms with Gasteiger partial charge in [-0.2, -0.15) is 15.0 Å². The number of rotatable bonds is 6. The van der Waals surface area contributed by atoms with Crippen LogP contribution in [0.15, 0.2) is 23.1 Å². The van der Waals surface area contributed by atoms with Crippen LogP contribution in [0.3, 0.4) is 0 Å². The predicted octanol–water partition coefficient (Wildman–Crippen LogP) is 2.71. The molecule has 0 saturated carbocycles. The third kappa shape index (κ3) is 5.02. The molecule has 0 atom stereocenters. The van der Waals surface area contributed by atoms with E-state index in [2.05, 4.69) is 24.6 Å². The van der Waals surface area contributed by atoms with Gasteiger partial charge in [0, 0.05) is 32.2 Å². The van der Waals surface area contributed by atoms with Crippen molar-refractivity contribution in [1.29, 1.82) is 0 Å². The van der Waals surface area contributed by atoms with Gasteiger partial charge < -0.3 is 9.80 Å². The van der Waals surface area contributed by atoms with E-state index in [4.69, 9.17) is 23.2 Å². The zero-order chi connectivity index (χ0) is 20.3. The third-order valence-corrected chi connectivity index (χ3v) is 6.42. The summed E-state index contributed by atoms with van der Waals surface area (Å²) in [7, 11) is -0.220. The molecule has 1 aliphatic heterocycles. The van der Waals surface area contributed by atoms with E-state index in [0.29, 0.717) is 17.7 Å². The molecule has 0 spiro atoms. The molecule has 0 radical (unpaired) electrons. The Kier molecular flexibility index (Phi) is 6.59. The molecule has 0 bridgehead atoms. The van der Waals surface area contributed by atoms with Crippen LogP contribution in [-0.4, -0.2) is 50.6 Å². The van der Waals surface area contributed by atoms with Crippen LogP contribution >= 0.6 is 23.2 Å². The minimum Gasteiger partial charge on any atom is -0.347 e. The van der Waals surface area contributed by atoms with Crippen LogP contribution in [0.5, 0.6) is 0 Å². The van der Waals surface area contributed by atoms with Crippen LogP contribution in [0, 0.1) is 0 Å². The summed E-state index contributed by atoms with van der Waals surface area (Å²) in [4.78, 5) is 17.1. The number of hydrogen-bond acceptors (Lipinski definition) is 7. The van der Waals surface area contributed by atoms with E-state index in [0.717, 1.165) is 25.9 Å². The highest BCUT2D eigenvalue weighted by Crippen LogP contribution is 2.25. The number of hydrogen-bond donors (Lipinski definition) is 1. The molecular formula is C17H22Cl2N6O2S. The first kappa shape index (κ1) is 21.0. The van der Waals surface area contributed by atoms with Gasteiger partial charge in [0.15, 0.2) is 5.82 Å². The molecule has 8 nitrogen and oxygen atoms in total. The maximum atomic E-state index is 12.6. The lowest BCUT2D eigenvalue weighted by atomic mass is 10.1. The largest absolute Gasteiger partial charge is 0.347 e. The van der Waals surface area contributed by atoms with Crippen molar-refractivity contribution in [2.24, 2.45) is 0 Å². The lowest BCUT2D eigenvalue weighted by Gasteiger charge is -2.27. The molecule has 11 heteroatoms. The number of benzene rings is 1. The van der Waals surface area contributed by atoms with Gasteiger partial charge in [-0.15, -0.1) is 0 Å². The Balaban J connectivity index is 1.84. The van der Waals surface area contributed by atoms with E-state index in [-0.39, 0.29) is 21.5 Å². The number of piperidine rings is 1. The van der Waals surface area contributed by atoms with Crippen molar-refractivity contribution < 1.29 is 8.42 Å². The topological polar surface area (TPSA) is 91.3 Å². The van der Waals surface area contributed by atoms with Crippen molar-refractivity contribution >= 4 is 45.1 Å². The van der Waals surface area contributed by atoms with Crippen LogP contribution in [0.1, 0.15) is 25.1 Å². The third-order valence-electron chi connectivity index (χ3n) is 4.30. The van der Waals surface area contributed by atoms with Gasteiger partial charge in [0.25, 0.3) is 0 Å². The predicted molar refractivity (Wildman–Crippen MR) is 111 cm³/mol. The minimum atomic E-state index is -3.88. The van der Waals surface area contributed by atoms with E-state index in [1.54, 1.807) is 4.90 Å². The average molecular weight is 445 g/mol. The number of anilines is 2. The monoisotopic (exact) mass is 444 g/mol. The number of nitrogens with zero attached hydrogens (tertiary/aromatic N) is 5. The highest BCUT2D eigenvalue weighted by atomic mass is 35.5. The summed E-state index contributed by atoms with van der Waals surface area (Å²) in [5.74, 6) is 1.37. The number of sulfonamides is 1. The van der Waals surface area contributed by atoms with Gasteiger partial charge in [0.05, 0.1) is 11.6 Å². The van der Waals surface area contributed by atoms with Gasteiger partial charge >= 0.3 is 0 Å². The smallest absolute Gasteiger partial charge is 0.242 e. The molecule has 152 valence electrons. The summed E-state index contributed by atoms with van der Waals surface area (Å²) in [6, 6.07) is 4.28. The highest BCUT2D eigenvalue weighted by molar-refractivity contribution is 7.89. The summed E-state index contributed by atoms with van der Waals surface area (Å²) in [5.41, 5.74) is 0. The van der Waals surface area contributed by atoms with E-state index in [1.807, 2.05) is 14.1 Å². The lowest BCUT2D eigenvalue weighted by molar-refractivity contribution is 0.563. The van der Waals surface area contributed by atoms with Crippen LogP contribution in [0.25, 0.3) is 0 Å². The van der Waals surface area contributed by atoms with Crippen molar-refractivity contribution in [1.82, 2.24) is 19.7 Å². The van der Waals surface area contributed by atoms with Gasteiger partial charge in [-0.1, -0.05) is 23.2 Å². The first-order valence-corrected chi connectivity index (χ1v) is 11.1. The zero-order valence-corrected chi connectivity index (χ0v) is 18.0. The fraction of sp³-hybridized carbons (Fsp3) is 0.471. The number of nitrogens with one attached hydrogen (secondary N) is 1. The molecule has 1 aromatic heterocycles. The summed E-state index contributed by atoms with van der Waals surface area (Å²) in [6.45, 7) is 1.66. The van der Waals surface area contributed by atoms with Crippen molar-refractivity contribution in [3.8, 4) is 0 Å². The maximum absolute atomic E-state index is 12.6. The summed E-state index contributed by atoms with van der Waals surface area (Å²) in [6.07, 6.45) is 3.35. The molecule has 3 rings (SSSR count). The molecule has 1 saturated heterocycles. The van der Waals surface area contributed by atoms with Crippen LogP contribution in [-0.2, 0) is 16.6 Å². The first-order chi connectivity index (χ1) is 13.3. The Hall–Kier alpha value is -1.68. The Labute approximate surface area is 174 Å². The van der Waals surface area contributed by atoms with Gasteiger partial charge in [-0.25, -0.2) is 13.1 Å². The first-order valence-electron chi connectivity index (χ1n) is 8.88. The van der Waals surface area contributed by atoms with Gasteiger partial charge in [-0.3, -0.25) is 0 Å². The highest BCUT2D eigenvalue weighted by Gasteiger charge is 2.21. The molecule has 2 heterocycles. The summed E-state index contributed by atoms with van der Waals surface area (Å²) in [5, 5.41) is 0.378. The normalized spacial score (nSPS) is 14.9. The standard InChI is InChI=1S/C17H22Cl2N6O2S/c1-24(2)16-21-15(22-17(23-16)25-8-4-3-5-9-25)11-20-28(26,27)14-10-12(18)6-7-13(14)19/h6-7,10,20H,3-5,8-9,11H2,1-2H3. The lowest BCUT2D eigenvalue weighted by Crippen LogP contribution is -2.33. The minimum absolute atomic E-state index is 0.0835. The second-order valence-corrected chi connectivity index (χ2v) is 9.27. The average Bonchev–Trinajstić information content (AvgIpc) is 2.68. The SMILES string of the molecule is CN(C)c1nc(CNS(=O)(=O)c2cc(Cl)ccc2Cl)nc(N2CCCCC2)n1. The van der Waals surface area contributed by atoms with Crippen molar-refractivity contribution in [3.05, 3.63) is 34.1 Å². The van der Waals surface area contributed by atoms with Crippen LogP contribution in [0.2, 0.25) is 10.0 Å². The second-order valence-electron chi connectivity index (χ2n) is 6.69. The molecule has 2 aromatic rings. The molecule has 0 amide bonds. The van der Waals surface area contributed by atoms with Crippen LogP contribution < -0.4 is 14.5 Å². The molecule has 1 fully saturated rings. The second kappa shape index (κ2) is 8.77. The van der Waals surface area contributed by atoms with Crippen molar-refractivity contribution in [3.63, 3.8) is 0 Å². The Morgan fingerprint density at radius 2 is 1.82 bits per heavy atom. The van der Waals surface area contributed by atoms with Crippen LogP contribution in [0.4, 0.5) is 11.9 Å². The Morgan fingerprint density at radius 1 is 1.11 bits per heavy atom. The van der Waals surface area contributed by atoms with E-state index in [1.165, 1.54) is 24.6 Å². The fourth-order valence-corrected chi connectivity index (χ4v) is 4.57. The molecule has 1 aliphatic rings. The molecular weight excluding hydrogens is 423 g/mol. The summed E-state index contributed by atoms with van der Waals surface area (Å²) < 4.78 is 27.8. The Morgan fingerprint density at radius 3 is 2.50 bits per heavy atom. The van der Waals surface area contributed by atoms with E-state index < -0.39 is 10.0 Å². The molecule has 1 aromatic carbocycles. The van der Waals surface area contributed by atoms with Gasteiger partial charge in [0.2, 0.25) is 21.9 Å². The number of aromatic nitrogens is 3. The summed E-state index contributed by atoms with van der Waals surface area (Å²) >= 11 is 11.9. The van der Waals surface area contributed by atoms with Gasteiger partial charge in [-0.05, 0) is 37.5 Å². The molecule has 0 aliphatic carbocycles. The number of halogens is 2. The fourth-order valence-electron chi connectivity index (χ4n) is 2.83. The maximum Gasteiger partial charge on any atom is 0.242 e. The van der Waals surface area contributed by atoms with Crippen molar-refractivity contribution in [2.75, 3.05) is 37.0 Å². The molecule has 28 heavy (non-hydrogen) atoms.